The molecule has 5 rings (SSSR count). The van der Waals surface area contributed by atoms with E-state index >= 15 is 0 Å². The van der Waals surface area contributed by atoms with Crippen LogP contribution in [0.25, 0.3) is 6.08 Å². The van der Waals surface area contributed by atoms with E-state index in [0.29, 0.717) is 44.4 Å². The van der Waals surface area contributed by atoms with Gasteiger partial charge < -0.3 is 9.47 Å². The fraction of sp³-hybridized carbons (Fsp3) is 0.167. The Balaban J connectivity index is 1.53. The highest BCUT2D eigenvalue weighted by Gasteiger charge is 2.33. The Morgan fingerprint density at radius 3 is 2.62 bits per heavy atom. The molecule has 3 aromatic carbocycles. The highest BCUT2D eigenvalue weighted by Crippen LogP contribution is 2.32. The van der Waals surface area contributed by atoms with Gasteiger partial charge in [-0.05, 0) is 69.4 Å². The third-order valence-corrected chi connectivity index (χ3v) is 8.14. The molecule has 39 heavy (non-hydrogen) atoms. The van der Waals surface area contributed by atoms with Crippen LogP contribution in [0.1, 0.15) is 36.1 Å². The third-order valence-electron chi connectivity index (χ3n) is 6.30. The molecular formula is C30H24BrClN2O4S. The highest BCUT2D eigenvalue weighted by molar-refractivity contribution is 9.10. The van der Waals surface area contributed by atoms with E-state index in [-0.39, 0.29) is 5.56 Å². The van der Waals surface area contributed by atoms with Crippen LogP contribution in [0.4, 0.5) is 0 Å². The number of allylic oxidation sites excluding steroid dienone is 1. The smallest absolute Gasteiger partial charge is 0.338 e. The lowest BCUT2D eigenvalue weighted by Gasteiger charge is -2.25. The van der Waals surface area contributed by atoms with Crippen LogP contribution in [0.5, 0.6) is 5.75 Å². The number of esters is 1. The maximum Gasteiger partial charge on any atom is 0.338 e. The zero-order valence-corrected chi connectivity index (χ0v) is 24.3. The molecule has 0 aliphatic carbocycles. The Bertz CT molecular complexity index is 1760. The van der Waals surface area contributed by atoms with Gasteiger partial charge in [0.1, 0.15) is 12.4 Å². The number of ether oxygens (including phenoxy) is 2. The Morgan fingerprint density at radius 2 is 1.92 bits per heavy atom. The molecule has 0 radical (unpaired) electrons. The predicted octanol–water partition coefficient (Wildman–Crippen LogP) is 5.79. The van der Waals surface area contributed by atoms with E-state index in [0.717, 1.165) is 21.2 Å². The molecule has 0 bridgehead atoms. The van der Waals surface area contributed by atoms with Gasteiger partial charge in [0.25, 0.3) is 5.56 Å². The van der Waals surface area contributed by atoms with Gasteiger partial charge in [-0.2, -0.15) is 0 Å². The molecule has 2 heterocycles. The van der Waals surface area contributed by atoms with Crippen LogP contribution >= 0.6 is 38.9 Å². The van der Waals surface area contributed by atoms with Gasteiger partial charge in [0.05, 0.1) is 33.4 Å². The molecular weight excluding hydrogens is 600 g/mol. The van der Waals surface area contributed by atoms with Crippen molar-refractivity contribution in [2.45, 2.75) is 26.0 Å². The van der Waals surface area contributed by atoms with Gasteiger partial charge in [0.15, 0.2) is 4.80 Å². The number of hydrogen-bond acceptors (Lipinski definition) is 6. The number of nitrogens with zero attached hydrogens (tertiary/aromatic N) is 2. The zero-order chi connectivity index (χ0) is 27.5. The number of rotatable bonds is 7. The summed E-state index contributed by atoms with van der Waals surface area (Å²) in [7, 11) is 1.34. The topological polar surface area (TPSA) is 69.9 Å². The van der Waals surface area contributed by atoms with E-state index in [1.165, 1.54) is 18.4 Å². The third kappa shape index (κ3) is 5.64. The van der Waals surface area contributed by atoms with Crippen LogP contribution in [0.15, 0.2) is 98.3 Å². The predicted molar refractivity (Wildman–Crippen MR) is 157 cm³/mol. The fourth-order valence-electron chi connectivity index (χ4n) is 4.48. The quantitative estimate of drug-likeness (QED) is 0.244. The molecule has 1 aliphatic rings. The number of aromatic nitrogens is 1. The molecule has 0 fully saturated rings. The minimum atomic E-state index is -0.624. The second-order valence-electron chi connectivity index (χ2n) is 8.81. The van der Waals surface area contributed by atoms with Crippen LogP contribution in [0.2, 0.25) is 5.02 Å². The van der Waals surface area contributed by atoms with Crippen molar-refractivity contribution in [1.29, 1.82) is 0 Å². The summed E-state index contributed by atoms with van der Waals surface area (Å²) in [6, 6.07) is 22.0. The lowest BCUT2D eigenvalue weighted by atomic mass is 9.95. The molecule has 0 saturated heterocycles. The Hall–Kier alpha value is -3.46. The van der Waals surface area contributed by atoms with Crippen molar-refractivity contribution in [2.24, 2.45) is 4.99 Å². The van der Waals surface area contributed by atoms with Gasteiger partial charge in [-0.25, -0.2) is 9.79 Å². The maximum absolute atomic E-state index is 13.8. The highest BCUT2D eigenvalue weighted by atomic mass is 79.9. The molecule has 0 saturated carbocycles. The minimum absolute atomic E-state index is 0.221. The van der Waals surface area contributed by atoms with E-state index in [1.807, 2.05) is 85.8 Å². The van der Waals surface area contributed by atoms with Gasteiger partial charge >= 0.3 is 5.97 Å². The number of halogens is 2. The molecule has 9 heteroatoms. The van der Waals surface area contributed by atoms with Gasteiger partial charge in [-0.1, -0.05) is 78.4 Å². The van der Waals surface area contributed by atoms with Crippen molar-refractivity contribution >= 4 is 50.9 Å². The second-order valence-corrected chi connectivity index (χ2v) is 11.1. The van der Waals surface area contributed by atoms with Crippen LogP contribution in [0, 0.1) is 0 Å². The largest absolute Gasteiger partial charge is 0.488 e. The lowest BCUT2D eigenvalue weighted by Crippen LogP contribution is -2.40. The van der Waals surface area contributed by atoms with E-state index in [1.54, 1.807) is 4.57 Å². The standard InChI is InChI=1S/C30H24BrClN2O4S/c1-3-23-26(29(36)37-2)27(20-9-5-4-6-10-20)34-28(35)25(39-30(34)33-23)16-18-12-13-24(22(31)15-18)38-17-19-8-7-11-21(32)14-19/h4-16,27H,3,17H2,1-2H3/b25-16+/t27-/m1/s1. The second kappa shape index (κ2) is 11.7. The van der Waals surface area contributed by atoms with Crippen molar-refractivity contribution in [3.63, 3.8) is 0 Å². The SMILES string of the molecule is CCC1=C(C(=O)OC)[C@@H](c2ccccc2)n2c(s/c(=C/c3ccc(OCc4cccc(Cl)c4)c(Br)c3)c2=O)=N1. The summed E-state index contributed by atoms with van der Waals surface area (Å²) >= 11 is 11.0. The fourth-order valence-corrected chi connectivity index (χ4v) is 6.22. The first-order valence-electron chi connectivity index (χ1n) is 12.2. The van der Waals surface area contributed by atoms with E-state index < -0.39 is 12.0 Å². The summed E-state index contributed by atoms with van der Waals surface area (Å²) in [5, 5.41) is 0.659. The molecule has 0 unspecified atom stereocenters. The summed E-state index contributed by atoms with van der Waals surface area (Å²) in [4.78, 5) is 31.9. The normalized spacial score (nSPS) is 15.1. The lowest BCUT2D eigenvalue weighted by molar-refractivity contribution is -0.136. The molecule has 0 N–H and O–H groups in total. The molecule has 1 aromatic heterocycles. The zero-order valence-electron chi connectivity index (χ0n) is 21.2. The van der Waals surface area contributed by atoms with Gasteiger partial charge in [-0.3, -0.25) is 9.36 Å². The number of fused-ring (bicyclic) bond motifs is 1. The van der Waals surface area contributed by atoms with Crippen LogP contribution < -0.4 is 19.6 Å². The summed E-state index contributed by atoms with van der Waals surface area (Å²) in [6.45, 7) is 2.31. The molecule has 1 atom stereocenters. The summed E-state index contributed by atoms with van der Waals surface area (Å²) < 4.78 is 13.9. The van der Waals surface area contributed by atoms with Crippen molar-refractivity contribution < 1.29 is 14.3 Å². The number of thiazole rings is 1. The molecule has 6 nitrogen and oxygen atoms in total. The molecule has 0 amide bonds. The maximum atomic E-state index is 13.8. The Labute approximate surface area is 242 Å². The summed E-state index contributed by atoms with van der Waals surface area (Å²) in [5.41, 5.74) is 3.38. The molecule has 198 valence electrons. The first-order chi connectivity index (χ1) is 18.9. The van der Waals surface area contributed by atoms with Crippen molar-refractivity contribution in [1.82, 2.24) is 4.57 Å². The van der Waals surface area contributed by atoms with Crippen molar-refractivity contribution in [3.8, 4) is 5.75 Å². The van der Waals surface area contributed by atoms with E-state index in [2.05, 4.69) is 15.9 Å². The average molecular weight is 624 g/mol. The number of hydrogen-bond donors (Lipinski definition) is 0. The number of methoxy groups -OCH3 is 1. The van der Waals surface area contributed by atoms with Gasteiger partial charge in [-0.15, -0.1) is 0 Å². The average Bonchev–Trinajstić information content (AvgIpc) is 3.25. The number of carbonyl (C=O) groups is 1. The van der Waals surface area contributed by atoms with Gasteiger partial charge in [0, 0.05) is 5.02 Å². The van der Waals surface area contributed by atoms with Gasteiger partial charge in [0.2, 0.25) is 0 Å². The number of benzene rings is 3. The van der Waals surface area contributed by atoms with Crippen LogP contribution in [0.3, 0.4) is 0 Å². The minimum Gasteiger partial charge on any atom is -0.488 e. The molecule has 0 spiro atoms. The summed E-state index contributed by atoms with van der Waals surface area (Å²) in [6.07, 6.45) is 2.35. The Kier molecular flexibility index (Phi) is 8.16. The first-order valence-corrected chi connectivity index (χ1v) is 14.2. The first kappa shape index (κ1) is 27.1. The van der Waals surface area contributed by atoms with E-state index in [4.69, 9.17) is 26.1 Å². The number of carbonyl (C=O) groups excluding carboxylic acids is 1. The molecule has 1 aliphatic heterocycles. The van der Waals surface area contributed by atoms with Crippen LogP contribution in [-0.2, 0) is 16.1 Å². The molecule has 4 aromatic rings. The van der Waals surface area contributed by atoms with Crippen molar-refractivity contribution in [2.75, 3.05) is 7.11 Å². The monoisotopic (exact) mass is 622 g/mol. The van der Waals surface area contributed by atoms with E-state index in [9.17, 15) is 9.59 Å². The Morgan fingerprint density at radius 1 is 1.13 bits per heavy atom. The summed E-state index contributed by atoms with van der Waals surface area (Å²) in [5.74, 6) is 0.184. The van der Waals surface area contributed by atoms with Crippen molar-refractivity contribution in [3.05, 3.63) is 130 Å². The van der Waals surface area contributed by atoms with Crippen LogP contribution in [-0.4, -0.2) is 17.6 Å².